The summed E-state index contributed by atoms with van der Waals surface area (Å²) < 4.78 is 682. The van der Waals surface area contributed by atoms with Crippen LogP contribution in [0.4, 0.5) is 211 Å². The first-order valence-electron chi connectivity index (χ1n) is 35.1. The van der Waals surface area contributed by atoms with Crippen molar-refractivity contribution in [2.75, 3.05) is 0 Å². The zero-order chi connectivity index (χ0) is 109. The molecule has 8 aromatic carbocycles. The zero-order valence-electron chi connectivity index (χ0n) is 69.5. The van der Waals surface area contributed by atoms with Crippen LogP contribution in [-0.4, -0.2) is 57.8 Å². The fraction of sp³-hybridized carbons (Fsp3) is 0.300. The summed E-state index contributed by atoms with van der Waals surface area (Å²) >= 11 is 0. The number of alkyl halides is 48. The van der Waals surface area contributed by atoms with Gasteiger partial charge < -0.3 is 0 Å². The molecule has 0 unspecified atom stereocenters. The minimum Gasteiger partial charge on any atom is -0.199 e. The molecule has 1 N–H and O–H groups in total. The van der Waals surface area contributed by atoms with Crippen LogP contribution in [0, 0.1) is 85.4 Å². The predicted octanol–water partition coefficient (Wildman–Crippen LogP) is 24.5. The summed E-state index contributed by atoms with van der Waals surface area (Å²) in [6.07, 6.45) is -110. The number of rotatable bonds is 8. The van der Waals surface area contributed by atoms with Gasteiger partial charge in [-0.2, -0.15) is 291 Å². The van der Waals surface area contributed by atoms with E-state index < -0.39 is 389 Å². The fourth-order valence-corrected chi connectivity index (χ4v) is 12.1. The van der Waals surface area contributed by atoms with Gasteiger partial charge >= 0.3 is 144 Å². The van der Waals surface area contributed by atoms with E-state index in [1.807, 2.05) is 6.07 Å². The molecule has 0 bridgehead atoms. The summed E-state index contributed by atoms with van der Waals surface area (Å²) in [7, 11) is 0. The van der Waals surface area contributed by atoms with Crippen molar-refractivity contribution in [3.8, 4) is 48.6 Å². The number of nitriles is 7. The SMILES string of the molecule is CC#N.CC#N.CC#N.CC#N.CC#N.CC#N.CC#N.CC#[NH+].FC(F)(F)c1cc([B-](c2cc(C(F)(F)F)cc(C(F)(F)F)c2)(c2cc(C(F)(F)F)cc(C(F)(F)F)c2)c2cc(C(F)(F)F)cc(C(F)(F)F)c2)cc(C(F)(F)F)c1.FC(F)(F)c1cc([B-](c2cc(C(F)(F)F)cc(C(F)(F)F)c2)(c2cc(C(F)(F)F)cc(C(F)(F)F)c2)c2cc(C(F)(F)F)cc(C(F)(F)F)c2)cc(C(F)(F)F)c1.[Sr+2]. The molecular weight excluding hydrogens is 2090 g/mol. The van der Waals surface area contributed by atoms with E-state index in [1.54, 1.807) is 49.4 Å². The number of benzene rings is 8. The number of hydrogen-bond donors (Lipinski definition) is 1. The van der Waals surface area contributed by atoms with Crippen LogP contribution < -0.4 is 49.0 Å². The molecule has 0 heterocycles. The van der Waals surface area contributed by atoms with Crippen molar-refractivity contribution in [3.63, 3.8) is 0 Å². The molecule has 0 radical (unpaired) electrons. The molecule has 8 aromatic rings. The van der Waals surface area contributed by atoms with Gasteiger partial charge in [-0.15, -0.1) is 5.26 Å². The minimum absolute atomic E-state index is 0. The van der Waals surface area contributed by atoms with Gasteiger partial charge in [0.05, 0.1) is 138 Å². The van der Waals surface area contributed by atoms with Gasteiger partial charge in [0.2, 0.25) is 0 Å². The summed E-state index contributed by atoms with van der Waals surface area (Å²) in [4.78, 5) is 0. The Morgan fingerprint density at radius 2 is 0.194 bits per heavy atom. The quantitative estimate of drug-likeness (QED) is 0.116. The smallest absolute Gasteiger partial charge is 0.199 e. The molecule has 0 amide bonds. The number of halogens is 48. The van der Waals surface area contributed by atoms with E-state index in [-0.39, 0.29) is 45.5 Å². The summed E-state index contributed by atoms with van der Waals surface area (Å²) in [5.74, 6) is 0. The van der Waals surface area contributed by atoms with Gasteiger partial charge in [0.15, 0.2) is 0 Å². The van der Waals surface area contributed by atoms with Crippen LogP contribution in [0.3, 0.4) is 0 Å². The Bertz CT molecular complexity index is 4490. The third-order valence-corrected chi connectivity index (χ3v) is 16.9. The second-order valence-electron chi connectivity index (χ2n) is 26.3. The average molecular weight is 2140 g/mol. The second kappa shape index (κ2) is 49.2. The predicted molar refractivity (Wildman–Crippen MR) is 395 cm³/mol. The number of nitrogens with zero attached hydrogens (tertiary/aromatic N) is 7. The molecule has 0 fully saturated rings. The molecular formula is C80H49B2F48N8Sr+. The van der Waals surface area contributed by atoms with Gasteiger partial charge in [-0.1, -0.05) is 97.1 Å². The molecule has 0 aromatic heterocycles. The minimum atomic E-state index is -6.13. The largest absolute Gasteiger partial charge is 2.00 e. The van der Waals surface area contributed by atoms with E-state index in [0.29, 0.717) is 0 Å². The van der Waals surface area contributed by atoms with Crippen LogP contribution >= 0.6 is 0 Å². The monoisotopic (exact) mass is 2140 g/mol. The Kier molecular flexibility index (Phi) is 46.4. The topological polar surface area (TPSA) is 190 Å². The zero-order valence-corrected chi connectivity index (χ0v) is 73.0. The molecule has 0 saturated heterocycles. The summed E-state index contributed by atoms with van der Waals surface area (Å²) in [6.45, 7) is 11.6. The summed E-state index contributed by atoms with van der Waals surface area (Å²) in [6, 6.07) is -3.37. The fourth-order valence-electron chi connectivity index (χ4n) is 12.1. The molecule has 8 nitrogen and oxygen atoms in total. The Morgan fingerprint density at radius 1 is 0.151 bits per heavy atom. The van der Waals surface area contributed by atoms with Crippen molar-refractivity contribution in [1.29, 1.82) is 36.8 Å². The normalized spacial score (nSPS) is 12.2. The Hall–Kier alpha value is -12.1. The van der Waals surface area contributed by atoms with Gasteiger partial charge in [0, 0.05) is 48.5 Å². The van der Waals surface area contributed by atoms with Crippen molar-refractivity contribution in [2.24, 2.45) is 0 Å². The molecule has 0 aliphatic rings. The number of nitrogens with one attached hydrogen (secondary N) is 1. The van der Waals surface area contributed by atoms with Crippen LogP contribution in [0.15, 0.2) is 146 Å². The van der Waals surface area contributed by atoms with E-state index in [9.17, 15) is 211 Å². The Labute approximate surface area is 787 Å². The molecule has 0 saturated carbocycles. The molecule has 0 aliphatic heterocycles. The van der Waals surface area contributed by atoms with Crippen molar-refractivity contribution >= 4 is 101 Å². The molecule has 752 valence electrons. The van der Waals surface area contributed by atoms with Gasteiger partial charge in [0.1, 0.15) is 12.3 Å². The van der Waals surface area contributed by atoms with E-state index in [2.05, 4.69) is 0 Å². The van der Waals surface area contributed by atoms with E-state index in [0.717, 1.165) is 0 Å². The maximum Gasteiger partial charge on any atom is 2.00 e. The summed E-state index contributed by atoms with van der Waals surface area (Å²) in [5.41, 5.74) is -60.4. The first kappa shape index (κ1) is 131. The van der Waals surface area contributed by atoms with Crippen LogP contribution in [0.2, 0.25) is 0 Å². The van der Waals surface area contributed by atoms with E-state index >= 15 is 0 Å². The molecule has 0 spiro atoms. The van der Waals surface area contributed by atoms with Crippen LogP contribution in [0.25, 0.3) is 0 Å². The third kappa shape index (κ3) is 37.2. The Balaban J connectivity index is -0.00000215. The first-order valence-corrected chi connectivity index (χ1v) is 35.1. The first-order chi connectivity index (χ1) is 61.8. The molecule has 0 atom stereocenters. The second-order valence-corrected chi connectivity index (χ2v) is 26.3. The van der Waals surface area contributed by atoms with Gasteiger partial charge in [-0.25, -0.2) is 0 Å². The number of hydrogen-bond acceptors (Lipinski definition) is 7. The maximum absolute atomic E-state index is 14.2. The molecule has 139 heavy (non-hydrogen) atoms. The van der Waals surface area contributed by atoms with Gasteiger partial charge in [-0.3, -0.25) is 0 Å². The molecule has 0 aliphatic carbocycles. The Morgan fingerprint density at radius 3 is 0.230 bits per heavy atom. The van der Waals surface area contributed by atoms with Gasteiger partial charge in [0.25, 0.3) is 6.07 Å². The van der Waals surface area contributed by atoms with Crippen molar-refractivity contribution in [3.05, 3.63) is 235 Å². The summed E-state index contributed by atoms with van der Waals surface area (Å²) in [5, 5.41) is 57.2. The van der Waals surface area contributed by atoms with Crippen LogP contribution in [-0.2, 0) is 98.8 Å². The van der Waals surface area contributed by atoms with Crippen molar-refractivity contribution < 1.29 is 216 Å². The van der Waals surface area contributed by atoms with Crippen LogP contribution in [0.1, 0.15) is 144 Å². The molecule has 59 heteroatoms. The molecule has 8 rings (SSSR count). The average Bonchev–Trinajstić information content (AvgIpc) is 0.709. The van der Waals surface area contributed by atoms with Crippen molar-refractivity contribution in [2.45, 2.75) is 154 Å². The third-order valence-electron chi connectivity index (χ3n) is 16.9. The van der Waals surface area contributed by atoms with E-state index in [4.69, 9.17) is 42.1 Å². The van der Waals surface area contributed by atoms with Crippen molar-refractivity contribution in [1.82, 2.24) is 0 Å². The van der Waals surface area contributed by atoms with E-state index in [1.165, 1.54) is 48.5 Å². The maximum atomic E-state index is 14.2. The standard InChI is InChI=1S/2C32H12BF24.8C2H3N.Sr/c2*34-25(35,36)13-1-14(26(37,38)39)6-21(5-13)33(22-7-15(27(40,41)42)2-16(8-22)28(43,44)45,23-9-17(29(46,47)48)3-18(10-23)30(49,50)51)24-11-19(31(52,53)54)4-20(12-24)32(55,56)57;8*1-2-3;/h2*1-12H;8*1H3;/q2*-1;;;;;;;;;+2/p+1. The van der Waals surface area contributed by atoms with Crippen LogP contribution in [0.5, 0.6) is 0 Å². The van der Waals surface area contributed by atoms with Gasteiger partial charge in [-0.05, 0) is 48.5 Å².